The number of hydrogen-bond acceptors (Lipinski definition) is 3. The minimum absolute atomic E-state index is 0.199. The third-order valence-electron chi connectivity index (χ3n) is 5.38. The van der Waals surface area contributed by atoms with Gasteiger partial charge in [0.15, 0.2) is 0 Å². The Balaban J connectivity index is 1.78. The fourth-order valence-electron chi connectivity index (χ4n) is 3.44. The largest absolute Gasteiger partial charge is 0.507 e. The van der Waals surface area contributed by atoms with Gasteiger partial charge in [-0.3, -0.25) is 4.99 Å². The van der Waals surface area contributed by atoms with Crippen molar-refractivity contribution < 1.29 is 9.84 Å². The summed E-state index contributed by atoms with van der Waals surface area (Å²) in [6.07, 6.45) is 15.5. The second kappa shape index (κ2) is 14.7. The van der Waals surface area contributed by atoms with Gasteiger partial charge in [-0.25, -0.2) is 0 Å². The van der Waals surface area contributed by atoms with Gasteiger partial charge >= 0.3 is 0 Å². The first-order valence-electron chi connectivity index (χ1n) is 11.8. The molecule has 0 aromatic heterocycles. The summed E-state index contributed by atoms with van der Waals surface area (Å²) >= 11 is 0. The summed E-state index contributed by atoms with van der Waals surface area (Å²) in [6.45, 7) is 5.15. The van der Waals surface area contributed by atoms with Crippen LogP contribution in [0.25, 0.3) is 0 Å². The van der Waals surface area contributed by atoms with Crippen molar-refractivity contribution >= 4 is 11.9 Å². The van der Waals surface area contributed by atoms with E-state index in [1.165, 1.54) is 63.4 Å². The molecule has 2 aromatic carbocycles. The Morgan fingerprint density at radius 3 is 2.17 bits per heavy atom. The van der Waals surface area contributed by atoms with Crippen LogP contribution in [0.15, 0.2) is 47.5 Å². The van der Waals surface area contributed by atoms with Crippen LogP contribution in [0.3, 0.4) is 0 Å². The number of phenolic OH excluding ortho intramolecular Hbond substituents is 1. The molecule has 0 saturated carbocycles. The van der Waals surface area contributed by atoms with Gasteiger partial charge in [0, 0.05) is 17.8 Å². The zero-order chi connectivity index (χ0) is 21.4. The van der Waals surface area contributed by atoms with Gasteiger partial charge in [-0.1, -0.05) is 77.3 Å². The second-order valence-electron chi connectivity index (χ2n) is 8.07. The maximum Gasteiger partial charge on any atom is 0.128 e. The predicted molar refractivity (Wildman–Crippen MR) is 129 cm³/mol. The number of aromatic hydroxyl groups is 1. The number of rotatable bonds is 15. The van der Waals surface area contributed by atoms with E-state index in [0.717, 1.165) is 18.5 Å². The molecular formula is C27H39NO2. The van der Waals surface area contributed by atoms with E-state index in [9.17, 15) is 5.11 Å². The Labute approximate surface area is 183 Å². The third-order valence-corrected chi connectivity index (χ3v) is 5.38. The highest BCUT2D eigenvalue weighted by Crippen LogP contribution is 2.24. The number of nitrogens with zero attached hydrogens (tertiary/aromatic N) is 1. The number of benzene rings is 2. The molecule has 164 valence electrons. The molecule has 0 fully saturated rings. The highest BCUT2D eigenvalue weighted by molar-refractivity contribution is 5.85. The molecule has 0 saturated heterocycles. The van der Waals surface area contributed by atoms with Crippen molar-refractivity contribution in [1.82, 2.24) is 0 Å². The number of ether oxygens (including phenoxy) is 1. The molecule has 0 atom stereocenters. The number of aliphatic imine (C=N–C) groups is 1. The average Bonchev–Trinajstić information content (AvgIpc) is 2.76. The molecule has 0 aliphatic heterocycles. The van der Waals surface area contributed by atoms with Gasteiger partial charge in [-0.2, -0.15) is 0 Å². The van der Waals surface area contributed by atoms with Crippen molar-refractivity contribution in [3.05, 3.63) is 53.6 Å². The molecule has 1 N–H and O–H groups in total. The van der Waals surface area contributed by atoms with E-state index in [1.54, 1.807) is 12.3 Å². The van der Waals surface area contributed by atoms with Crippen LogP contribution < -0.4 is 4.74 Å². The van der Waals surface area contributed by atoms with E-state index in [2.05, 4.69) is 31.0 Å². The number of unbranched alkanes of at least 4 members (excludes halogenated alkanes) is 8. The van der Waals surface area contributed by atoms with E-state index in [0.29, 0.717) is 17.9 Å². The van der Waals surface area contributed by atoms with E-state index >= 15 is 0 Å². The van der Waals surface area contributed by atoms with Crippen molar-refractivity contribution in [3.8, 4) is 11.5 Å². The fourth-order valence-corrected chi connectivity index (χ4v) is 3.44. The first-order chi connectivity index (χ1) is 14.7. The van der Waals surface area contributed by atoms with Gasteiger partial charge in [0.05, 0.1) is 12.3 Å². The summed E-state index contributed by atoms with van der Waals surface area (Å²) in [5, 5.41) is 10.3. The molecule has 0 spiro atoms. The highest BCUT2D eigenvalue weighted by atomic mass is 16.5. The van der Waals surface area contributed by atoms with Crippen molar-refractivity contribution in [2.75, 3.05) is 6.61 Å². The maximum atomic E-state index is 10.3. The van der Waals surface area contributed by atoms with Gasteiger partial charge in [-0.05, 0) is 49.1 Å². The molecule has 0 amide bonds. The summed E-state index contributed by atoms with van der Waals surface area (Å²) in [5.74, 6) is 0.907. The summed E-state index contributed by atoms with van der Waals surface area (Å²) in [7, 11) is 0. The number of aryl methyl sites for hydroxylation is 1. The molecule has 2 aromatic rings. The zero-order valence-electron chi connectivity index (χ0n) is 18.9. The normalized spacial score (nSPS) is 11.3. The van der Waals surface area contributed by atoms with Crippen LogP contribution in [-0.2, 0) is 6.42 Å². The predicted octanol–water partition coefficient (Wildman–Crippen LogP) is 8.00. The lowest BCUT2D eigenvalue weighted by Crippen LogP contribution is -1.97. The number of hydrogen-bond donors (Lipinski definition) is 1. The third kappa shape index (κ3) is 9.47. The molecule has 0 aliphatic carbocycles. The molecule has 0 heterocycles. The van der Waals surface area contributed by atoms with Gasteiger partial charge in [0.2, 0.25) is 0 Å². The van der Waals surface area contributed by atoms with Crippen molar-refractivity contribution in [1.29, 1.82) is 0 Å². The van der Waals surface area contributed by atoms with E-state index < -0.39 is 0 Å². The average molecular weight is 410 g/mol. The fraction of sp³-hybridized carbons (Fsp3) is 0.519. The second-order valence-corrected chi connectivity index (χ2v) is 8.07. The highest BCUT2D eigenvalue weighted by Gasteiger charge is 2.02. The van der Waals surface area contributed by atoms with Crippen LogP contribution in [0.1, 0.15) is 89.2 Å². The maximum absolute atomic E-state index is 10.3. The van der Waals surface area contributed by atoms with Crippen molar-refractivity contribution in [3.63, 3.8) is 0 Å². The molecule has 2 rings (SSSR count). The van der Waals surface area contributed by atoms with E-state index in [-0.39, 0.29) is 5.75 Å². The standard InChI is InChI=1S/C27H39NO2/c1-3-5-7-9-10-11-13-23-14-17-25(18-15-23)28-22-24-16-19-26(21-27(24)29)30-20-12-8-6-4-2/h14-19,21-22,29H,3-13,20H2,1-2H3. The molecule has 30 heavy (non-hydrogen) atoms. The summed E-state index contributed by atoms with van der Waals surface area (Å²) < 4.78 is 5.72. The Kier molecular flexibility index (Phi) is 11.7. The Hall–Kier alpha value is -2.29. The van der Waals surface area contributed by atoms with Crippen LogP contribution in [0.5, 0.6) is 11.5 Å². The Morgan fingerprint density at radius 1 is 0.800 bits per heavy atom. The van der Waals surface area contributed by atoms with Gasteiger partial charge in [0.1, 0.15) is 11.5 Å². The van der Waals surface area contributed by atoms with Gasteiger partial charge in [-0.15, -0.1) is 0 Å². The Bertz CT molecular complexity index is 737. The van der Waals surface area contributed by atoms with Crippen LogP contribution in [0, 0.1) is 0 Å². The van der Waals surface area contributed by atoms with Gasteiger partial charge < -0.3 is 9.84 Å². The van der Waals surface area contributed by atoms with Crippen molar-refractivity contribution in [2.24, 2.45) is 4.99 Å². The molecule has 0 aliphatic rings. The van der Waals surface area contributed by atoms with Crippen LogP contribution in [0.4, 0.5) is 5.69 Å². The lowest BCUT2D eigenvalue weighted by molar-refractivity contribution is 0.303. The topological polar surface area (TPSA) is 41.8 Å². The Morgan fingerprint density at radius 2 is 1.47 bits per heavy atom. The summed E-state index contributed by atoms with van der Waals surface area (Å²) in [6, 6.07) is 13.8. The molecule has 3 heteroatoms. The molecular weight excluding hydrogens is 370 g/mol. The van der Waals surface area contributed by atoms with E-state index in [1.807, 2.05) is 24.3 Å². The van der Waals surface area contributed by atoms with Crippen LogP contribution in [-0.4, -0.2) is 17.9 Å². The van der Waals surface area contributed by atoms with Crippen LogP contribution >= 0.6 is 0 Å². The van der Waals surface area contributed by atoms with E-state index in [4.69, 9.17) is 4.74 Å². The minimum Gasteiger partial charge on any atom is -0.507 e. The zero-order valence-corrected chi connectivity index (χ0v) is 18.9. The van der Waals surface area contributed by atoms with Crippen LogP contribution in [0.2, 0.25) is 0 Å². The summed E-state index contributed by atoms with van der Waals surface area (Å²) in [4.78, 5) is 4.51. The van der Waals surface area contributed by atoms with Gasteiger partial charge in [0.25, 0.3) is 0 Å². The SMILES string of the molecule is CCCCCCCCc1ccc(N=Cc2ccc(OCCCCCC)cc2O)cc1. The molecule has 3 nitrogen and oxygen atoms in total. The first kappa shape index (κ1) is 24.0. The molecule has 0 radical (unpaired) electrons. The molecule has 0 unspecified atom stereocenters. The monoisotopic (exact) mass is 409 g/mol. The quantitative estimate of drug-likeness (QED) is 0.239. The lowest BCUT2D eigenvalue weighted by atomic mass is 10.0. The minimum atomic E-state index is 0.199. The lowest BCUT2D eigenvalue weighted by Gasteiger charge is -2.07. The first-order valence-corrected chi connectivity index (χ1v) is 11.8. The molecule has 0 bridgehead atoms. The smallest absolute Gasteiger partial charge is 0.128 e. The summed E-state index contributed by atoms with van der Waals surface area (Å²) in [5.41, 5.74) is 2.97. The number of phenols is 1. The van der Waals surface area contributed by atoms with Crippen molar-refractivity contribution in [2.45, 2.75) is 84.5 Å².